The number of nitrogens with zero attached hydrogens (tertiary/aromatic N) is 2. The third-order valence-electron chi connectivity index (χ3n) is 3.34. The zero-order valence-electron chi connectivity index (χ0n) is 13.1. The molecule has 5 nitrogen and oxygen atoms in total. The minimum Gasteiger partial charge on any atom is -0.468 e. The van der Waals surface area contributed by atoms with Crippen LogP contribution in [0.2, 0.25) is 0 Å². The molecule has 0 saturated heterocycles. The lowest BCUT2D eigenvalue weighted by atomic mass is 10.2. The van der Waals surface area contributed by atoms with Crippen molar-refractivity contribution in [1.82, 2.24) is 9.78 Å². The molecule has 1 aromatic heterocycles. The van der Waals surface area contributed by atoms with Gasteiger partial charge in [-0.05, 0) is 42.8 Å². The van der Waals surface area contributed by atoms with Crippen LogP contribution in [0, 0.1) is 12.7 Å². The number of ether oxygens (including phenoxy) is 1. The van der Waals surface area contributed by atoms with Crippen LogP contribution in [0.25, 0.3) is 0 Å². The molecular weight excluding hydrogens is 309 g/mol. The summed E-state index contributed by atoms with van der Waals surface area (Å²) in [6.45, 7) is 1.96. The van der Waals surface area contributed by atoms with Gasteiger partial charge in [0, 0.05) is 11.9 Å². The number of nitrogens with one attached hydrogen (secondary N) is 1. The van der Waals surface area contributed by atoms with E-state index in [9.17, 15) is 9.18 Å². The second-order valence-electron chi connectivity index (χ2n) is 5.27. The summed E-state index contributed by atoms with van der Waals surface area (Å²) >= 11 is 0. The van der Waals surface area contributed by atoms with Crippen molar-refractivity contribution < 1.29 is 13.9 Å². The van der Waals surface area contributed by atoms with Crippen molar-refractivity contribution in [2.45, 2.75) is 13.7 Å². The molecule has 2 aromatic carbocycles. The summed E-state index contributed by atoms with van der Waals surface area (Å²) < 4.78 is 20.3. The third-order valence-corrected chi connectivity index (χ3v) is 3.34. The molecule has 0 fully saturated rings. The summed E-state index contributed by atoms with van der Waals surface area (Å²) in [7, 11) is 0. The standard InChI is InChI=1S/C18H16FN3O2/c1-13-5-4-6-14(11-13)20-18(23)16-9-10-22(21-16)12-24-17-8-3-2-7-15(17)19/h2-11H,12H2,1H3,(H,20,23). The summed E-state index contributed by atoms with van der Waals surface area (Å²) in [5, 5.41) is 6.91. The van der Waals surface area contributed by atoms with E-state index in [-0.39, 0.29) is 24.1 Å². The van der Waals surface area contributed by atoms with Gasteiger partial charge in [0.2, 0.25) is 0 Å². The van der Waals surface area contributed by atoms with E-state index in [0.717, 1.165) is 5.56 Å². The lowest BCUT2D eigenvalue weighted by Gasteiger charge is -2.07. The average Bonchev–Trinajstić information content (AvgIpc) is 3.03. The largest absolute Gasteiger partial charge is 0.468 e. The monoisotopic (exact) mass is 325 g/mol. The van der Waals surface area contributed by atoms with Crippen molar-refractivity contribution in [1.29, 1.82) is 0 Å². The van der Waals surface area contributed by atoms with Gasteiger partial charge in [-0.3, -0.25) is 4.79 Å². The molecule has 0 radical (unpaired) electrons. The second-order valence-corrected chi connectivity index (χ2v) is 5.27. The summed E-state index contributed by atoms with van der Waals surface area (Å²) in [5.41, 5.74) is 2.02. The van der Waals surface area contributed by atoms with Crippen LogP contribution in [0.4, 0.5) is 10.1 Å². The van der Waals surface area contributed by atoms with Crippen LogP contribution in [0.15, 0.2) is 60.8 Å². The van der Waals surface area contributed by atoms with Crippen molar-refractivity contribution in [3.63, 3.8) is 0 Å². The molecule has 0 spiro atoms. The number of para-hydroxylation sites is 1. The first kappa shape index (κ1) is 15.7. The Kier molecular flexibility index (Phi) is 4.56. The number of amides is 1. The van der Waals surface area contributed by atoms with Crippen LogP contribution in [0.1, 0.15) is 16.1 Å². The van der Waals surface area contributed by atoms with Crippen LogP contribution >= 0.6 is 0 Å². The summed E-state index contributed by atoms with van der Waals surface area (Å²) in [6, 6.07) is 15.2. The van der Waals surface area contributed by atoms with E-state index < -0.39 is 5.82 Å². The Morgan fingerprint density at radius 2 is 2.04 bits per heavy atom. The predicted octanol–water partition coefficient (Wildman–Crippen LogP) is 3.62. The minimum absolute atomic E-state index is 0.0126. The molecule has 3 rings (SSSR count). The molecule has 122 valence electrons. The van der Waals surface area contributed by atoms with Crippen molar-refractivity contribution in [2.24, 2.45) is 0 Å². The Labute approximate surface area is 138 Å². The van der Waals surface area contributed by atoms with E-state index in [1.54, 1.807) is 24.4 Å². The van der Waals surface area contributed by atoms with E-state index in [1.807, 2.05) is 31.2 Å². The number of benzene rings is 2. The molecule has 0 saturated carbocycles. The van der Waals surface area contributed by atoms with E-state index in [1.165, 1.54) is 16.8 Å². The van der Waals surface area contributed by atoms with Gasteiger partial charge in [-0.15, -0.1) is 0 Å². The van der Waals surface area contributed by atoms with E-state index >= 15 is 0 Å². The van der Waals surface area contributed by atoms with Crippen molar-refractivity contribution in [2.75, 3.05) is 5.32 Å². The average molecular weight is 325 g/mol. The highest BCUT2D eigenvalue weighted by Gasteiger charge is 2.10. The number of anilines is 1. The van der Waals surface area contributed by atoms with Crippen molar-refractivity contribution in [3.05, 3.63) is 77.9 Å². The van der Waals surface area contributed by atoms with Gasteiger partial charge in [-0.2, -0.15) is 5.10 Å². The zero-order valence-corrected chi connectivity index (χ0v) is 13.1. The van der Waals surface area contributed by atoms with Gasteiger partial charge in [0.1, 0.15) is 0 Å². The molecule has 0 atom stereocenters. The summed E-state index contributed by atoms with van der Waals surface area (Å²) in [6.07, 6.45) is 1.60. The van der Waals surface area contributed by atoms with Crippen molar-refractivity contribution in [3.8, 4) is 5.75 Å². The van der Waals surface area contributed by atoms with Gasteiger partial charge in [0.25, 0.3) is 5.91 Å². The highest BCUT2D eigenvalue weighted by molar-refractivity contribution is 6.02. The lowest BCUT2D eigenvalue weighted by molar-refractivity contribution is 0.102. The maximum Gasteiger partial charge on any atom is 0.276 e. The molecule has 1 heterocycles. The number of carbonyl (C=O) groups is 1. The molecule has 1 amide bonds. The first-order valence-corrected chi connectivity index (χ1v) is 7.40. The summed E-state index contributed by atoms with van der Waals surface area (Å²) in [5.74, 6) is -0.619. The highest BCUT2D eigenvalue weighted by Crippen LogP contribution is 2.16. The fourth-order valence-electron chi connectivity index (χ4n) is 2.17. The first-order chi connectivity index (χ1) is 11.6. The molecule has 0 aliphatic heterocycles. The number of aromatic nitrogens is 2. The van der Waals surface area contributed by atoms with E-state index in [4.69, 9.17) is 4.74 Å². The van der Waals surface area contributed by atoms with E-state index in [2.05, 4.69) is 10.4 Å². The number of carbonyl (C=O) groups excluding carboxylic acids is 1. The fourth-order valence-corrected chi connectivity index (χ4v) is 2.17. The molecular formula is C18H16FN3O2. The maximum atomic E-state index is 13.5. The van der Waals surface area contributed by atoms with Crippen molar-refractivity contribution >= 4 is 11.6 Å². The van der Waals surface area contributed by atoms with Crippen LogP contribution in [0.5, 0.6) is 5.75 Å². The number of hydrogen-bond acceptors (Lipinski definition) is 3. The Morgan fingerprint density at radius 1 is 1.21 bits per heavy atom. The molecule has 6 heteroatoms. The Morgan fingerprint density at radius 3 is 2.83 bits per heavy atom. The first-order valence-electron chi connectivity index (χ1n) is 7.40. The SMILES string of the molecule is Cc1cccc(NC(=O)c2ccn(COc3ccccc3F)n2)c1. The number of hydrogen-bond donors (Lipinski definition) is 1. The van der Waals surface area contributed by atoms with Gasteiger partial charge < -0.3 is 10.1 Å². The zero-order chi connectivity index (χ0) is 16.9. The molecule has 0 aliphatic rings. The van der Waals surface area contributed by atoms with Gasteiger partial charge in [-0.1, -0.05) is 24.3 Å². The Bertz CT molecular complexity index is 861. The van der Waals surface area contributed by atoms with E-state index in [0.29, 0.717) is 5.69 Å². The van der Waals surface area contributed by atoms with Gasteiger partial charge in [0.15, 0.2) is 24.0 Å². The minimum atomic E-state index is -0.443. The summed E-state index contributed by atoms with van der Waals surface area (Å²) in [4.78, 5) is 12.2. The van der Waals surface area contributed by atoms with Crippen LogP contribution in [0.3, 0.4) is 0 Å². The molecule has 3 aromatic rings. The molecule has 0 unspecified atom stereocenters. The third kappa shape index (κ3) is 3.78. The van der Waals surface area contributed by atoms with Crippen LogP contribution in [-0.4, -0.2) is 15.7 Å². The maximum absolute atomic E-state index is 13.5. The van der Waals surface area contributed by atoms with Gasteiger partial charge in [-0.25, -0.2) is 9.07 Å². The lowest BCUT2D eigenvalue weighted by Crippen LogP contribution is -2.14. The number of aryl methyl sites for hydroxylation is 1. The molecule has 0 bridgehead atoms. The fraction of sp³-hybridized carbons (Fsp3) is 0.111. The Hall–Kier alpha value is -3.15. The van der Waals surface area contributed by atoms with Gasteiger partial charge in [0.05, 0.1) is 0 Å². The smallest absolute Gasteiger partial charge is 0.276 e. The Balaban J connectivity index is 1.62. The van der Waals surface area contributed by atoms with Crippen LogP contribution in [-0.2, 0) is 6.73 Å². The second kappa shape index (κ2) is 6.95. The molecule has 0 aliphatic carbocycles. The molecule has 1 N–H and O–H groups in total. The number of rotatable bonds is 5. The predicted molar refractivity (Wildman–Crippen MR) is 88.4 cm³/mol. The molecule has 24 heavy (non-hydrogen) atoms. The highest BCUT2D eigenvalue weighted by atomic mass is 19.1. The van der Waals surface area contributed by atoms with Gasteiger partial charge >= 0.3 is 0 Å². The van der Waals surface area contributed by atoms with Crippen LogP contribution < -0.4 is 10.1 Å². The normalized spacial score (nSPS) is 10.4. The topological polar surface area (TPSA) is 56.2 Å². The quantitative estimate of drug-likeness (QED) is 0.779. The number of halogens is 1.